The quantitative estimate of drug-likeness (QED) is 0.563. The monoisotopic (exact) mass is 495 g/mol. The zero-order valence-electron chi connectivity index (χ0n) is 18.6. The first-order chi connectivity index (χ1) is 16.5. The number of primary amides is 1. The molecule has 3 amide bonds. The summed E-state index contributed by atoms with van der Waals surface area (Å²) in [6, 6.07) is 14.4. The van der Waals surface area contributed by atoms with Gasteiger partial charge in [-0.25, -0.2) is 9.59 Å². The number of carbonyl (C=O) groups is 4. The number of carboxylic acid groups (broad SMARTS) is 1. The van der Waals surface area contributed by atoms with Crippen molar-refractivity contribution in [1.82, 2.24) is 5.32 Å². The molecule has 0 unspecified atom stereocenters. The molecule has 4 N–H and O–H groups in total. The number of ether oxygens (including phenoxy) is 1. The van der Waals surface area contributed by atoms with E-state index in [1.54, 1.807) is 25.1 Å². The summed E-state index contributed by atoms with van der Waals surface area (Å²) in [5, 5.41) is 12.1. The third-order valence-electron chi connectivity index (χ3n) is 4.99. The average molecular weight is 495 g/mol. The number of nitrogens with one attached hydrogen (secondary N) is 1. The second kappa shape index (κ2) is 11.9. The smallest absolute Gasteiger partial charge is 0.470 e. The van der Waals surface area contributed by atoms with Crippen molar-refractivity contribution in [3.63, 3.8) is 0 Å². The highest BCUT2D eigenvalue weighted by Crippen LogP contribution is 2.33. The summed E-state index contributed by atoms with van der Waals surface area (Å²) in [6.45, 7) is 1.83. The lowest BCUT2D eigenvalue weighted by Crippen LogP contribution is -2.52. The Bertz CT molecular complexity index is 1060. The zero-order chi connectivity index (χ0) is 26.2. The first kappa shape index (κ1) is 27.2. The molecule has 0 saturated carbocycles. The minimum Gasteiger partial charge on any atom is -0.480 e. The molecular weight excluding hydrogens is 471 g/mol. The van der Waals surface area contributed by atoms with Crippen molar-refractivity contribution in [2.24, 2.45) is 5.73 Å². The predicted molar refractivity (Wildman–Crippen MR) is 118 cm³/mol. The Hall–Kier alpha value is -4.09. The fraction of sp³-hybridized carbons (Fsp3) is 0.304. The van der Waals surface area contributed by atoms with E-state index in [0.717, 1.165) is 11.1 Å². The van der Waals surface area contributed by atoms with Crippen molar-refractivity contribution >= 4 is 29.6 Å². The standard InChI is InChI=1S/C21H22N2O5.C2H2F3NO/c1-2-16(22-21(27)28-13-14-8-4-3-5-9-14)19(24)23-17-11-7-6-10-15(17)12-18(23)20(25)26;3-2(4,5)1(6)7/h3-11,16,18H,2,12-13H2,1H3,(H,22,27)(H,25,26);(H2,6,7)/t16-,18-;/m0./s1. The van der Waals surface area contributed by atoms with Gasteiger partial charge in [-0.3, -0.25) is 14.5 Å². The number of nitrogens with zero attached hydrogens (tertiary/aromatic N) is 1. The van der Waals surface area contributed by atoms with E-state index in [9.17, 15) is 32.7 Å². The van der Waals surface area contributed by atoms with Crippen LogP contribution in [0.2, 0.25) is 0 Å². The lowest BCUT2D eigenvalue weighted by molar-refractivity contribution is -0.169. The Kier molecular flexibility index (Phi) is 9.20. The number of alkyl halides is 3. The van der Waals surface area contributed by atoms with E-state index in [-0.39, 0.29) is 13.0 Å². The van der Waals surface area contributed by atoms with Crippen molar-refractivity contribution in [2.75, 3.05) is 4.90 Å². The minimum absolute atomic E-state index is 0.0849. The molecule has 12 heteroatoms. The molecule has 1 aliphatic rings. The molecule has 2 atom stereocenters. The van der Waals surface area contributed by atoms with E-state index < -0.39 is 42.1 Å². The van der Waals surface area contributed by atoms with Crippen LogP contribution in [0.5, 0.6) is 0 Å². The van der Waals surface area contributed by atoms with Crippen LogP contribution in [0.3, 0.4) is 0 Å². The summed E-state index contributed by atoms with van der Waals surface area (Å²) in [4.78, 5) is 47.3. The number of fused-ring (bicyclic) bond motifs is 1. The van der Waals surface area contributed by atoms with E-state index in [1.807, 2.05) is 36.4 Å². The number of alkyl carbamates (subject to hydrolysis) is 1. The summed E-state index contributed by atoms with van der Waals surface area (Å²) in [7, 11) is 0. The lowest BCUT2D eigenvalue weighted by Gasteiger charge is -2.27. The molecule has 0 aliphatic carbocycles. The zero-order valence-corrected chi connectivity index (χ0v) is 18.6. The molecule has 3 rings (SSSR count). The van der Waals surface area contributed by atoms with Gasteiger partial charge in [0.15, 0.2) is 0 Å². The number of rotatable bonds is 6. The number of hydrogen-bond acceptors (Lipinski definition) is 5. The van der Waals surface area contributed by atoms with E-state index in [1.165, 1.54) is 4.90 Å². The number of carbonyl (C=O) groups excluding carboxylic acids is 3. The van der Waals surface area contributed by atoms with Gasteiger partial charge < -0.3 is 20.9 Å². The van der Waals surface area contributed by atoms with Gasteiger partial charge in [-0.1, -0.05) is 55.5 Å². The number of para-hydroxylation sites is 1. The minimum atomic E-state index is -4.86. The second-order valence-corrected chi connectivity index (χ2v) is 7.42. The molecule has 0 bridgehead atoms. The Balaban J connectivity index is 0.000000540. The number of amides is 3. The van der Waals surface area contributed by atoms with Gasteiger partial charge >= 0.3 is 24.1 Å². The van der Waals surface area contributed by atoms with E-state index in [4.69, 9.17) is 9.53 Å². The first-order valence-corrected chi connectivity index (χ1v) is 10.4. The van der Waals surface area contributed by atoms with Crippen molar-refractivity contribution in [3.8, 4) is 0 Å². The largest absolute Gasteiger partial charge is 0.480 e. The molecule has 0 saturated heterocycles. The van der Waals surface area contributed by atoms with Gasteiger partial charge in [0, 0.05) is 12.1 Å². The molecule has 0 spiro atoms. The average Bonchev–Trinajstić information content (AvgIpc) is 3.21. The van der Waals surface area contributed by atoms with Crippen molar-refractivity contribution in [3.05, 3.63) is 65.7 Å². The molecule has 2 aromatic carbocycles. The molecule has 0 aromatic heterocycles. The van der Waals surface area contributed by atoms with Crippen LogP contribution >= 0.6 is 0 Å². The molecule has 0 radical (unpaired) electrons. The van der Waals surface area contributed by atoms with Gasteiger partial charge in [-0.2, -0.15) is 13.2 Å². The van der Waals surface area contributed by atoms with Crippen molar-refractivity contribution < 1.29 is 42.2 Å². The summed E-state index contributed by atoms with van der Waals surface area (Å²) < 4.78 is 37.3. The van der Waals surface area contributed by atoms with Crippen molar-refractivity contribution in [1.29, 1.82) is 0 Å². The third kappa shape index (κ3) is 7.45. The highest BCUT2D eigenvalue weighted by Gasteiger charge is 2.40. The number of carboxylic acids is 1. The van der Waals surface area contributed by atoms with Gasteiger partial charge in [0.2, 0.25) is 0 Å². The summed E-state index contributed by atoms with van der Waals surface area (Å²) in [5.41, 5.74) is 6.00. The van der Waals surface area contributed by atoms with Crippen LogP contribution < -0.4 is 16.0 Å². The maximum absolute atomic E-state index is 13.1. The van der Waals surface area contributed by atoms with E-state index in [0.29, 0.717) is 12.1 Å². The summed E-state index contributed by atoms with van der Waals surface area (Å²) in [6.07, 6.45) is -5.03. The number of anilines is 1. The molecule has 1 heterocycles. The lowest BCUT2D eigenvalue weighted by atomic mass is 10.1. The highest BCUT2D eigenvalue weighted by atomic mass is 19.4. The first-order valence-electron chi connectivity index (χ1n) is 10.4. The molecule has 0 fully saturated rings. The van der Waals surface area contributed by atoms with Crippen LogP contribution in [0.1, 0.15) is 24.5 Å². The molecule has 2 aromatic rings. The number of hydrogen-bond donors (Lipinski definition) is 3. The molecular formula is C23H24F3N3O6. The van der Waals surface area contributed by atoms with Crippen LogP contribution in [0.15, 0.2) is 54.6 Å². The van der Waals surface area contributed by atoms with Gasteiger partial charge in [0.1, 0.15) is 18.7 Å². The Morgan fingerprint density at radius 1 is 1.11 bits per heavy atom. The number of aliphatic carboxylic acids is 1. The SMILES string of the molecule is CC[C@H](NC(=O)OCc1ccccc1)C(=O)N1c2ccccc2C[C@H]1C(=O)O.NC(=O)C(F)(F)F. The summed E-state index contributed by atoms with van der Waals surface area (Å²) >= 11 is 0. The van der Waals surface area contributed by atoms with Crippen molar-refractivity contribution in [2.45, 2.75) is 44.6 Å². The third-order valence-corrected chi connectivity index (χ3v) is 4.99. The van der Waals surface area contributed by atoms with Crippen LogP contribution in [-0.4, -0.2) is 47.2 Å². The molecule has 1 aliphatic heterocycles. The van der Waals surface area contributed by atoms with Crippen LogP contribution in [0.25, 0.3) is 0 Å². The Labute approximate surface area is 198 Å². The fourth-order valence-corrected chi connectivity index (χ4v) is 3.27. The van der Waals surface area contributed by atoms with Gasteiger partial charge in [0.05, 0.1) is 0 Å². The molecule has 9 nitrogen and oxygen atoms in total. The van der Waals surface area contributed by atoms with Crippen LogP contribution in [0.4, 0.5) is 23.7 Å². The number of benzene rings is 2. The van der Waals surface area contributed by atoms with Crippen LogP contribution in [-0.2, 0) is 32.1 Å². The predicted octanol–water partition coefficient (Wildman–Crippen LogP) is 2.77. The number of halogens is 3. The maximum atomic E-state index is 13.1. The maximum Gasteiger partial charge on any atom is 0.470 e. The van der Waals surface area contributed by atoms with E-state index >= 15 is 0 Å². The summed E-state index contributed by atoms with van der Waals surface area (Å²) in [5.74, 6) is -3.80. The van der Waals surface area contributed by atoms with Gasteiger partial charge in [-0.15, -0.1) is 0 Å². The van der Waals surface area contributed by atoms with Gasteiger partial charge in [-0.05, 0) is 23.6 Å². The Morgan fingerprint density at radius 2 is 1.69 bits per heavy atom. The molecule has 35 heavy (non-hydrogen) atoms. The normalized spacial score (nSPS) is 15.2. The molecule has 188 valence electrons. The van der Waals surface area contributed by atoms with E-state index in [2.05, 4.69) is 11.1 Å². The van der Waals surface area contributed by atoms with Crippen LogP contribution in [0, 0.1) is 0 Å². The van der Waals surface area contributed by atoms with Gasteiger partial charge in [0.25, 0.3) is 5.91 Å². The second-order valence-electron chi connectivity index (χ2n) is 7.42. The highest BCUT2D eigenvalue weighted by molar-refractivity contribution is 6.05. The number of nitrogens with two attached hydrogens (primary N) is 1. The fourth-order valence-electron chi connectivity index (χ4n) is 3.27. The Morgan fingerprint density at radius 3 is 2.23 bits per heavy atom. The topological polar surface area (TPSA) is 139 Å².